The standard InChI is InChI=1S/C12H12BrN3O/c1-7-6-8(13)2-5-10(7)11-15-12(17-16-11)14-9-3-4-9/h2,5-6,9H,3-4H2,1H3,(H,14,15,16). The molecule has 0 spiro atoms. The highest BCUT2D eigenvalue weighted by molar-refractivity contribution is 9.10. The molecule has 4 nitrogen and oxygen atoms in total. The predicted octanol–water partition coefficient (Wildman–Crippen LogP) is 3.38. The number of hydrogen-bond donors (Lipinski definition) is 1. The lowest BCUT2D eigenvalue weighted by Crippen LogP contribution is -2.00. The third-order valence-electron chi connectivity index (χ3n) is 2.76. The van der Waals surface area contributed by atoms with Gasteiger partial charge in [-0.3, -0.25) is 0 Å². The van der Waals surface area contributed by atoms with Crippen molar-refractivity contribution in [1.82, 2.24) is 10.1 Å². The minimum absolute atomic E-state index is 0.518. The number of aromatic nitrogens is 2. The SMILES string of the molecule is Cc1cc(Br)ccc1-c1noc(NC2CC2)n1. The average Bonchev–Trinajstić information content (AvgIpc) is 2.96. The second kappa shape index (κ2) is 4.14. The van der Waals surface area contributed by atoms with Crippen LogP contribution in [0.3, 0.4) is 0 Å². The second-order valence-electron chi connectivity index (χ2n) is 4.30. The Bertz CT molecular complexity index is 548. The van der Waals surface area contributed by atoms with E-state index in [-0.39, 0.29) is 0 Å². The van der Waals surface area contributed by atoms with Crippen molar-refractivity contribution in [2.75, 3.05) is 5.32 Å². The van der Waals surface area contributed by atoms with Crippen LogP contribution in [0, 0.1) is 6.92 Å². The fourth-order valence-corrected chi connectivity index (χ4v) is 2.15. The van der Waals surface area contributed by atoms with Gasteiger partial charge in [0.15, 0.2) is 0 Å². The normalized spacial score (nSPS) is 14.9. The molecule has 5 heteroatoms. The molecule has 1 fully saturated rings. The summed E-state index contributed by atoms with van der Waals surface area (Å²) >= 11 is 3.44. The fourth-order valence-electron chi connectivity index (χ4n) is 1.67. The summed E-state index contributed by atoms with van der Waals surface area (Å²) in [4.78, 5) is 4.35. The Hall–Kier alpha value is -1.36. The molecule has 0 radical (unpaired) electrons. The maximum absolute atomic E-state index is 5.17. The maximum atomic E-state index is 5.17. The van der Waals surface area contributed by atoms with Gasteiger partial charge in [0.25, 0.3) is 0 Å². The molecule has 1 aromatic carbocycles. The van der Waals surface area contributed by atoms with Crippen LogP contribution in [0.2, 0.25) is 0 Å². The number of halogens is 1. The van der Waals surface area contributed by atoms with E-state index in [1.165, 1.54) is 12.8 Å². The molecule has 17 heavy (non-hydrogen) atoms. The van der Waals surface area contributed by atoms with Gasteiger partial charge in [-0.1, -0.05) is 21.1 Å². The number of aryl methyl sites for hydroxylation is 1. The number of nitrogens with zero attached hydrogens (tertiary/aromatic N) is 2. The molecule has 1 saturated carbocycles. The van der Waals surface area contributed by atoms with Crippen LogP contribution in [0.25, 0.3) is 11.4 Å². The molecule has 1 N–H and O–H groups in total. The van der Waals surface area contributed by atoms with Crippen LogP contribution in [-0.4, -0.2) is 16.2 Å². The van der Waals surface area contributed by atoms with Crippen molar-refractivity contribution in [2.24, 2.45) is 0 Å². The summed E-state index contributed by atoms with van der Waals surface area (Å²) in [5, 5.41) is 7.18. The van der Waals surface area contributed by atoms with Crippen molar-refractivity contribution in [2.45, 2.75) is 25.8 Å². The number of hydrogen-bond acceptors (Lipinski definition) is 4. The lowest BCUT2D eigenvalue weighted by Gasteiger charge is -2.00. The summed E-state index contributed by atoms with van der Waals surface area (Å²) in [6.07, 6.45) is 2.38. The summed E-state index contributed by atoms with van der Waals surface area (Å²) in [5.74, 6) is 0.637. The van der Waals surface area contributed by atoms with Gasteiger partial charge in [-0.05, 0) is 43.5 Å². The predicted molar refractivity (Wildman–Crippen MR) is 68.8 cm³/mol. The molecule has 0 bridgehead atoms. The molecule has 0 atom stereocenters. The smallest absolute Gasteiger partial charge is 0.322 e. The van der Waals surface area contributed by atoms with E-state index in [0.29, 0.717) is 17.9 Å². The number of benzene rings is 1. The highest BCUT2D eigenvalue weighted by Gasteiger charge is 2.23. The van der Waals surface area contributed by atoms with E-state index in [0.717, 1.165) is 15.6 Å². The summed E-state index contributed by atoms with van der Waals surface area (Å²) in [6, 6.07) is 7.05. The van der Waals surface area contributed by atoms with E-state index in [2.05, 4.69) is 31.4 Å². The van der Waals surface area contributed by atoms with E-state index >= 15 is 0 Å². The first-order chi connectivity index (χ1) is 8.22. The van der Waals surface area contributed by atoms with E-state index in [9.17, 15) is 0 Å². The Balaban J connectivity index is 1.89. The fraction of sp³-hybridized carbons (Fsp3) is 0.333. The zero-order valence-electron chi connectivity index (χ0n) is 9.40. The first-order valence-corrected chi connectivity index (χ1v) is 6.38. The van der Waals surface area contributed by atoms with Crippen LogP contribution in [0.1, 0.15) is 18.4 Å². The van der Waals surface area contributed by atoms with Gasteiger partial charge < -0.3 is 9.84 Å². The quantitative estimate of drug-likeness (QED) is 0.942. The zero-order chi connectivity index (χ0) is 11.8. The first kappa shape index (κ1) is 10.8. The number of nitrogens with one attached hydrogen (secondary N) is 1. The van der Waals surface area contributed by atoms with Crippen molar-refractivity contribution in [3.63, 3.8) is 0 Å². The summed E-state index contributed by atoms with van der Waals surface area (Å²) in [6.45, 7) is 2.03. The van der Waals surface area contributed by atoms with Crippen LogP contribution >= 0.6 is 15.9 Å². The Morgan fingerprint density at radius 2 is 2.24 bits per heavy atom. The van der Waals surface area contributed by atoms with Crippen molar-refractivity contribution in [3.8, 4) is 11.4 Å². The van der Waals surface area contributed by atoms with Crippen molar-refractivity contribution in [1.29, 1.82) is 0 Å². The topological polar surface area (TPSA) is 51.0 Å². The molecule has 88 valence electrons. The summed E-state index contributed by atoms with van der Waals surface area (Å²) < 4.78 is 6.23. The van der Waals surface area contributed by atoms with Gasteiger partial charge in [0, 0.05) is 16.1 Å². The molecule has 0 unspecified atom stereocenters. The van der Waals surface area contributed by atoms with Gasteiger partial charge in [0.05, 0.1) is 0 Å². The Labute approximate surface area is 108 Å². The van der Waals surface area contributed by atoms with Gasteiger partial charge in [0.2, 0.25) is 5.82 Å². The molecule has 0 saturated heterocycles. The molecule has 3 rings (SSSR count). The van der Waals surface area contributed by atoms with Gasteiger partial charge in [-0.25, -0.2) is 0 Å². The number of rotatable bonds is 3. The summed E-state index contributed by atoms with van der Waals surface area (Å²) in [5.41, 5.74) is 2.12. The first-order valence-electron chi connectivity index (χ1n) is 5.59. The molecule has 0 amide bonds. The highest BCUT2D eigenvalue weighted by Crippen LogP contribution is 2.27. The minimum Gasteiger partial charge on any atom is -0.335 e. The van der Waals surface area contributed by atoms with Crippen LogP contribution in [-0.2, 0) is 0 Å². The molecular formula is C12H12BrN3O. The minimum atomic E-state index is 0.518. The third kappa shape index (κ3) is 2.34. The van der Waals surface area contributed by atoms with Gasteiger partial charge in [0.1, 0.15) is 0 Å². The maximum Gasteiger partial charge on any atom is 0.322 e. The van der Waals surface area contributed by atoms with Crippen LogP contribution in [0.5, 0.6) is 0 Å². The van der Waals surface area contributed by atoms with E-state index in [4.69, 9.17) is 4.52 Å². The molecule has 1 heterocycles. The third-order valence-corrected chi connectivity index (χ3v) is 3.25. The van der Waals surface area contributed by atoms with Gasteiger partial charge >= 0.3 is 6.01 Å². The van der Waals surface area contributed by atoms with Crippen LogP contribution in [0.15, 0.2) is 27.2 Å². The van der Waals surface area contributed by atoms with Gasteiger partial charge in [-0.2, -0.15) is 4.98 Å². The molecule has 1 aliphatic carbocycles. The van der Waals surface area contributed by atoms with Crippen LogP contribution in [0.4, 0.5) is 6.01 Å². The average molecular weight is 294 g/mol. The number of anilines is 1. The molecule has 0 aliphatic heterocycles. The lowest BCUT2D eigenvalue weighted by atomic mass is 10.1. The van der Waals surface area contributed by atoms with E-state index in [1.54, 1.807) is 0 Å². The zero-order valence-corrected chi connectivity index (χ0v) is 11.0. The largest absolute Gasteiger partial charge is 0.335 e. The monoisotopic (exact) mass is 293 g/mol. The Kier molecular flexibility index (Phi) is 2.63. The second-order valence-corrected chi connectivity index (χ2v) is 5.22. The Morgan fingerprint density at radius 1 is 1.41 bits per heavy atom. The molecule has 1 aromatic heterocycles. The molecule has 1 aliphatic rings. The van der Waals surface area contributed by atoms with E-state index in [1.807, 2.05) is 25.1 Å². The van der Waals surface area contributed by atoms with Crippen LogP contribution < -0.4 is 5.32 Å². The van der Waals surface area contributed by atoms with Crippen molar-refractivity contribution in [3.05, 3.63) is 28.2 Å². The van der Waals surface area contributed by atoms with Crippen molar-refractivity contribution < 1.29 is 4.52 Å². The molecular weight excluding hydrogens is 282 g/mol. The molecule has 2 aromatic rings. The highest BCUT2D eigenvalue weighted by atomic mass is 79.9. The van der Waals surface area contributed by atoms with E-state index < -0.39 is 0 Å². The summed E-state index contributed by atoms with van der Waals surface area (Å²) in [7, 11) is 0. The van der Waals surface area contributed by atoms with Gasteiger partial charge in [-0.15, -0.1) is 0 Å². The van der Waals surface area contributed by atoms with Crippen molar-refractivity contribution >= 4 is 21.9 Å². The Morgan fingerprint density at radius 3 is 2.94 bits per heavy atom. The lowest BCUT2D eigenvalue weighted by molar-refractivity contribution is 0.432.